The van der Waals surface area contributed by atoms with Crippen molar-refractivity contribution in [2.24, 2.45) is 4.99 Å². The second-order valence-corrected chi connectivity index (χ2v) is 7.86. The lowest BCUT2D eigenvalue weighted by Crippen LogP contribution is -2.45. The zero-order valence-electron chi connectivity index (χ0n) is 16.5. The van der Waals surface area contributed by atoms with Crippen LogP contribution in [0.2, 0.25) is 0 Å². The normalized spacial score (nSPS) is 26.5. The van der Waals surface area contributed by atoms with Crippen LogP contribution in [0.5, 0.6) is 0 Å². The Hall–Kier alpha value is -0.850. The molecule has 3 aliphatic rings. The Labute approximate surface area is 159 Å². The van der Waals surface area contributed by atoms with E-state index in [2.05, 4.69) is 22.5 Å². The monoisotopic (exact) mass is 366 g/mol. The summed E-state index contributed by atoms with van der Waals surface area (Å²) in [5.74, 6) is 0.969. The molecule has 2 saturated heterocycles. The van der Waals surface area contributed by atoms with E-state index in [1.54, 1.807) is 0 Å². The first-order chi connectivity index (χ1) is 12.8. The van der Waals surface area contributed by atoms with E-state index in [0.29, 0.717) is 12.1 Å². The van der Waals surface area contributed by atoms with Gasteiger partial charge in [-0.1, -0.05) is 12.8 Å². The average Bonchev–Trinajstić information content (AvgIpc) is 3.34. The Morgan fingerprint density at radius 3 is 2.73 bits per heavy atom. The van der Waals surface area contributed by atoms with Gasteiger partial charge in [0, 0.05) is 58.1 Å². The Morgan fingerprint density at radius 1 is 1.15 bits per heavy atom. The smallest absolute Gasteiger partial charge is 0.191 e. The molecule has 0 aromatic carbocycles. The van der Waals surface area contributed by atoms with Crippen molar-refractivity contribution in [1.82, 2.24) is 15.5 Å². The highest BCUT2D eigenvalue weighted by molar-refractivity contribution is 5.80. The molecule has 26 heavy (non-hydrogen) atoms. The van der Waals surface area contributed by atoms with Crippen LogP contribution in [0.4, 0.5) is 0 Å². The topological polar surface area (TPSA) is 58.1 Å². The van der Waals surface area contributed by atoms with Crippen molar-refractivity contribution in [3.8, 4) is 0 Å². The van der Waals surface area contributed by atoms with Crippen LogP contribution in [0.1, 0.15) is 58.3 Å². The summed E-state index contributed by atoms with van der Waals surface area (Å²) in [7, 11) is 0. The van der Waals surface area contributed by atoms with Gasteiger partial charge in [-0.3, -0.25) is 9.89 Å². The molecule has 0 bridgehead atoms. The third kappa shape index (κ3) is 6.39. The fourth-order valence-corrected chi connectivity index (χ4v) is 4.37. The number of guanidine groups is 1. The minimum absolute atomic E-state index is 0.388. The lowest BCUT2D eigenvalue weighted by Gasteiger charge is -2.24. The van der Waals surface area contributed by atoms with Crippen molar-refractivity contribution < 1.29 is 9.47 Å². The molecule has 150 valence electrons. The predicted octanol–water partition coefficient (Wildman–Crippen LogP) is 2.14. The highest BCUT2D eigenvalue weighted by Crippen LogP contribution is 2.26. The van der Waals surface area contributed by atoms with Crippen LogP contribution in [-0.2, 0) is 9.47 Å². The van der Waals surface area contributed by atoms with E-state index in [1.165, 1.54) is 45.2 Å². The summed E-state index contributed by atoms with van der Waals surface area (Å²) in [6, 6.07) is 1.37. The van der Waals surface area contributed by atoms with Gasteiger partial charge in [0.05, 0.1) is 6.10 Å². The number of hydrogen-bond donors (Lipinski definition) is 2. The predicted molar refractivity (Wildman–Crippen MR) is 106 cm³/mol. The number of nitrogens with zero attached hydrogens (tertiary/aromatic N) is 2. The summed E-state index contributed by atoms with van der Waals surface area (Å²) in [6.45, 7) is 8.74. The quantitative estimate of drug-likeness (QED) is 0.392. The van der Waals surface area contributed by atoms with Gasteiger partial charge >= 0.3 is 0 Å². The van der Waals surface area contributed by atoms with Crippen LogP contribution in [0, 0.1) is 0 Å². The van der Waals surface area contributed by atoms with E-state index in [9.17, 15) is 0 Å². The van der Waals surface area contributed by atoms with E-state index in [4.69, 9.17) is 14.5 Å². The number of aliphatic imine (C=N–C) groups is 1. The molecule has 1 saturated carbocycles. The van der Waals surface area contributed by atoms with Crippen LogP contribution in [0.3, 0.4) is 0 Å². The molecule has 2 N–H and O–H groups in total. The Bertz CT molecular complexity index is 420. The Balaban J connectivity index is 1.34. The Kier molecular flexibility index (Phi) is 8.49. The van der Waals surface area contributed by atoms with E-state index < -0.39 is 0 Å². The minimum atomic E-state index is 0.388. The van der Waals surface area contributed by atoms with E-state index >= 15 is 0 Å². The van der Waals surface area contributed by atoms with Crippen LogP contribution in [0.25, 0.3) is 0 Å². The van der Waals surface area contributed by atoms with Crippen LogP contribution in [-0.4, -0.2) is 75.0 Å². The SMILES string of the molecule is CCNC(=NCCCOC1CCOCC1)NC1CCN(C2CCCC2)C1. The van der Waals surface area contributed by atoms with Crippen molar-refractivity contribution in [3.63, 3.8) is 0 Å². The maximum absolute atomic E-state index is 5.93. The molecule has 3 rings (SSSR count). The summed E-state index contributed by atoms with van der Waals surface area (Å²) < 4.78 is 11.3. The van der Waals surface area contributed by atoms with Gasteiger partial charge in [-0.25, -0.2) is 0 Å². The van der Waals surface area contributed by atoms with Crippen molar-refractivity contribution in [2.45, 2.75) is 76.5 Å². The van der Waals surface area contributed by atoms with Gasteiger partial charge in [0.15, 0.2) is 5.96 Å². The van der Waals surface area contributed by atoms with E-state index in [0.717, 1.165) is 64.2 Å². The molecule has 0 amide bonds. The second kappa shape index (κ2) is 11.1. The van der Waals surface area contributed by atoms with Crippen molar-refractivity contribution in [3.05, 3.63) is 0 Å². The molecule has 6 nitrogen and oxygen atoms in total. The molecular weight excluding hydrogens is 328 g/mol. The third-order valence-corrected chi connectivity index (χ3v) is 5.84. The first-order valence-corrected chi connectivity index (χ1v) is 10.8. The maximum atomic E-state index is 5.93. The van der Waals surface area contributed by atoms with Gasteiger partial charge < -0.3 is 20.1 Å². The zero-order valence-corrected chi connectivity index (χ0v) is 16.5. The molecule has 1 atom stereocenters. The van der Waals surface area contributed by atoms with Crippen molar-refractivity contribution in [2.75, 3.05) is 46.0 Å². The second-order valence-electron chi connectivity index (χ2n) is 7.86. The fourth-order valence-electron chi connectivity index (χ4n) is 4.37. The van der Waals surface area contributed by atoms with Gasteiger partial charge in [0.2, 0.25) is 0 Å². The standard InChI is InChI=1S/C20H38N4O2/c1-2-21-20(22-11-5-13-26-19-9-14-25-15-10-19)23-17-8-12-24(16-17)18-6-3-4-7-18/h17-19H,2-16H2,1H3,(H2,21,22,23). The molecule has 0 spiro atoms. The molecule has 1 aliphatic carbocycles. The fraction of sp³-hybridized carbons (Fsp3) is 0.950. The molecule has 0 radical (unpaired) electrons. The van der Waals surface area contributed by atoms with Crippen molar-refractivity contribution >= 4 is 5.96 Å². The average molecular weight is 367 g/mol. The van der Waals surface area contributed by atoms with Gasteiger partial charge in [0.1, 0.15) is 0 Å². The highest BCUT2D eigenvalue weighted by atomic mass is 16.5. The van der Waals surface area contributed by atoms with Crippen LogP contribution < -0.4 is 10.6 Å². The van der Waals surface area contributed by atoms with Crippen molar-refractivity contribution in [1.29, 1.82) is 0 Å². The van der Waals surface area contributed by atoms with Crippen LogP contribution >= 0.6 is 0 Å². The lowest BCUT2D eigenvalue weighted by atomic mass is 10.1. The third-order valence-electron chi connectivity index (χ3n) is 5.84. The molecular formula is C20H38N4O2. The molecule has 2 heterocycles. The molecule has 0 aromatic rings. The number of nitrogens with one attached hydrogen (secondary N) is 2. The molecule has 0 aromatic heterocycles. The maximum Gasteiger partial charge on any atom is 0.191 e. The Morgan fingerprint density at radius 2 is 1.96 bits per heavy atom. The van der Waals surface area contributed by atoms with Gasteiger partial charge in [-0.2, -0.15) is 0 Å². The number of rotatable bonds is 8. The molecule has 2 aliphatic heterocycles. The summed E-state index contributed by atoms with van der Waals surface area (Å²) in [5, 5.41) is 7.05. The number of likely N-dealkylation sites (tertiary alicyclic amines) is 1. The molecule has 1 unspecified atom stereocenters. The zero-order chi connectivity index (χ0) is 18.0. The molecule has 3 fully saturated rings. The summed E-state index contributed by atoms with van der Waals surface area (Å²) in [5.41, 5.74) is 0. The summed E-state index contributed by atoms with van der Waals surface area (Å²) in [4.78, 5) is 7.44. The van der Waals surface area contributed by atoms with Crippen LogP contribution in [0.15, 0.2) is 4.99 Å². The number of hydrogen-bond acceptors (Lipinski definition) is 4. The van der Waals surface area contributed by atoms with Gasteiger partial charge in [0.25, 0.3) is 0 Å². The summed E-state index contributed by atoms with van der Waals surface area (Å²) >= 11 is 0. The minimum Gasteiger partial charge on any atom is -0.381 e. The first kappa shape index (κ1) is 19.9. The highest BCUT2D eigenvalue weighted by Gasteiger charge is 2.30. The molecule has 6 heteroatoms. The summed E-state index contributed by atoms with van der Waals surface area (Å²) in [6.07, 6.45) is 10.3. The van der Waals surface area contributed by atoms with Gasteiger partial charge in [-0.05, 0) is 45.4 Å². The lowest BCUT2D eigenvalue weighted by molar-refractivity contribution is -0.0318. The van der Waals surface area contributed by atoms with E-state index in [1.807, 2.05) is 0 Å². The first-order valence-electron chi connectivity index (χ1n) is 10.8. The number of ether oxygens (including phenoxy) is 2. The van der Waals surface area contributed by atoms with Gasteiger partial charge in [-0.15, -0.1) is 0 Å². The van der Waals surface area contributed by atoms with E-state index in [-0.39, 0.29) is 0 Å². The largest absolute Gasteiger partial charge is 0.381 e.